The van der Waals surface area contributed by atoms with Gasteiger partial charge in [0.2, 0.25) is 0 Å². The predicted molar refractivity (Wildman–Crippen MR) is 115 cm³/mol. The normalized spacial score (nSPS) is 12.7. The fourth-order valence-electron chi connectivity index (χ4n) is 3.61. The summed E-state index contributed by atoms with van der Waals surface area (Å²) in [6, 6.07) is 10.4. The highest BCUT2D eigenvalue weighted by molar-refractivity contribution is 7.17. The highest BCUT2D eigenvalue weighted by atomic mass is 35.5. The van der Waals surface area contributed by atoms with Crippen LogP contribution in [0.25, 0.3) is 32.1 Å². The van der Waals surface area contributed by atoms with Crippen LogP contribution >= 0.6 is 22.9 Å². The zero-order valence-corrected chi connectivity index (χ0v) is 17.0. The van der Waals surface area contributed by atoms with Gasteiger partial charge < -0.3 is 10.3 Å². The van der Waals surface area contributed by atoms with Gasteiger partial charge in [0.15, 0.2) is 0 Å². The van der Waals surface area contributed by atoms with E-state index in [1.807, 2.05) is 25.4 Å². The maximum absolute atomic E-state index is 12.4. The molecule has 4 aromatic rings. The summed E-state index contributed by atoms with van der Waals surface area (Å²) >= 11 is 8.03. The van der Waals surface area contributed by atoms with E-state index in [1.165, 1.54) is 16.9 Å². The summed E-state index contributed by atoms with van der Waals surface area (Å²) in [4.78, 5) is 19.9. The molecular weight excluding hydrogens is 378 g/mol. The quantitative estimate of drug-likeness (QED) is 0.471. The Kier molecular flexibility index (Phi) is 4.76. The minimum absolute atomic E-state index is 0.0816. The Hall–Kier alpha value is -2.21. The first-order valence-electron chi connectivity index (χ1n) is 8.85. The molecule has 0 spiro atoms. The van der Waals surface area contributed by atoms with Crippen molar-refractivity contribution in [3.8, 4) is 11.1 Å². The second-order valence-corrected chi connectivity index (χ2v) is 8.09. The molecule has 138 valence electrons. The summed E-state index contributed by atoms with van der Waals surface area (Å²) in [5.41, 5.74) is 4.52. The molecule has 2 N–H and O–H groups in total. The lowest BCUT2D eigenvalue weighted by Gasteiger charge is -2.14. The summed E-state index contributed by atoms with van der Waals surface area (Å²) in [6.07, 6.45) is 0. The lowest BCUT2D eigenvalue weighted by atomic mass is 9.95. The van der Waals surface area contributed by atoms with Gasteiger partial charge in [-0.1, -0.05) is 42.8 Å². The zero-order valence-electron chi connectivity index (χ0n) is 15.4. The van der Waals surface area contributed by atoms with Crippen LogP contribution in [0.3, 0.4) is 0 Å². The number of aryl methyl sites for hydroxylation is 1. The topological polar surface area (TPSA) is 57.8 Å². The van der Waals surface area contributed by atoms with Gasteiger partial charge in [-0.3, -0.25) is 4.79 Å². The summed E-state index contributed by atoms with van der Waals surface area (Å²) in [6.45, 7) is 4.99. The number of likely N-dealkylation sites (N-methyl/N-ethyl adjacent to an activating group) is 1. The molecule has 0 bridgehead atoms. The third-order valence-corrected chi connectivity index (χ3v) is 6.18. The van der Waals surface area contributed by atoms with Crippen molar-refractivity contribution >= 4 is 43.9 Å². The van der Waals surface area contributed by atoms with Crippen LogP contribution in [0.1, 0.15) is 24.1 Å². The standard InChI is InChI=1S/C21H20ClN3OS/c1-11(10-23-3)13-4-6-14(7-5-13)16-17-15-8-9-27-19(15)21(26)25-18(17)12(2)24-20(16)22/h4-9,11,23H,10H2,1-3H3,(H,25,26)/t11-/m0/s1. The number of fused-ring (bicyclic) bond motifs is 3. The number of halogens is 1. The van der Waals surface area contributed by atoms with Gasteiger partial charge in [0.05, 0.1) is 11.2 Å². The highest BCUT2D eigenvalue weighted by Gasteiger charge is 2.18. The van der Waals surface area contributed by atoms with Gasteiger partial charge >= 0.3 is 0 Å². The molecule has 0 saturated carbocycles. The van der Waals surface area contributed by atoms with E-state index in [9.17, 15) is 4.79 Å². The second-order valence-electron chi connectivity index (χ2n) is 6.81. The van der Waals surface area contributed by atoms with Crippen molar-refractivity contribution < 1.29 is 0 Å². The zero-order chi connectivity index (χ0) is 19.1. The number of nitrogens with one attached hydrogen (secondary N) is 2. The van der Waals surface area contributed by atoms with Gasteiger partial charge in [-0.2, -0.15) is 0 Å². The molecule has 0 aliphatic rings. The molecular formula is C21H20ClN3OS. The van der Waals surface area contributed by atoms with Gasteiger partial charge in [0.1, 0.15) is 9.85 Å². The molecule has 6 heteroatoms. The average molecular weight is 398 g/mol. The van der Waals surface area contributed by atoms with Gasteiger partial charge in [0.25, 0.3) is 5.56 Å². The van der Waals surface area contributed by atoms with Gasteiger partial charge in [-0.15, -0.1) is 11.3 Å². The first-order valence-corrected chi connectivity index (χ1v) is 10.1. The van der Waals surface area contributed by atoms with E-state index in [4.69, 9.17) is 11.6 Å². The van der Waals surface area contributed by atoms with Gasteiger partial charge in [-0.05, 0) is 42.5 Å². The van der Waals surface area contributed by atoms with E-state index in [-0.39, 0.29) is 5.56 Å². The molecule has 1 aromatic carbocycles. The first kappa shape index (κ1) is 18.2. The van der Waals surface area contributed by atoms with Crippen LogP contribution in [0.4, 0.5) is 0 Å². The molecule has 0 aliphatic heterocycles. The Balaban J connectivity index is 1.99. The molecule has 0 amide bonds. The number of H-pyrrole nitrogens is 1. The molecule has 0 radical (unpaired) electrons. The predicted octanol–water partition coefficient (Wildman–Crippen LogP) is 5.09. The number of thiophene rings is 1. The van der Waals surface area contributed by atoms with Crippen molar-refractivity contribution in [3.63, 3.8) is 0 Å². The van der Waals surface area contributed by atoms with E-state index < -0.39 is 0 Å². The summed E-state index contributed by atoms with van der Waals surface area (Å²) in [7, 11) is 1.96. The van der Waals surface area contributed by atoms with E-state index in [1.54, 1.807) is 0 Å². The number of aromatic nitrogens is 2. The molecule has 4 rings (SSSR count). The van der Waals surface area contributed by atoms with Gasteiger partial charge in [-0.25, -0.2) is 4.98 Å². The number of hydrogen-bond acceptors (Lipinski definition) is 4. The Labute approximate surface area is 166 Å². The number of pyridine rings is 2. The molecule has 0 fully saturated rings. The van der Waals surface area contributed by atoms with Crippen LogP contribution in [0.2, 0.25) is 5.15 Å². The summed E-state index contributed by atoms with van der Waals surface area (Å²) < 4.78 is 0.713. The number of nitrogens with zero attached hydrogens (tertiary/aromatic N) is 1. The SMILES string of the molecule is CNC[C@H](C)c1ccc(-c2c(Cl)nc(C)c3[nH]c(=O)c4sccc4c23)cc1. The van der Waals surface area contributed by atoms with Crippen molar-refractivity contribution in [1.29, 1.82) is 0 Å². The third kappa shape index (κ3) is 3.06. The van der Waals surface area contributed by atoms with Crippen molar-refractivity contribution in [2.75, 3.05) is 13.6 Å². The molecule has 4 nitrogen and oxygen atoms in total. The Bertz CT molecular complexity index is 1190. The smallest absolute Gasteiger partial charge is 0.266 e. The van der Waals surface area contributed by atoms with Crippen molar-refractivity contribution in [1.82, 2.24) is 15.3 Å². The molecule has 0 saturated heterocycles. The fraction of sp³-hybridized carbons (Fsp3) is 0.238. The van der Waals surface area contributed by atoms with Crippen molar-refractivity contribution in [3.05, 3.63) is 62.5 Å². The van der Waals surface area contributed by atoms with Gasteiger partial charge in [0, 0.05) is 22.9 Å². The molecule has 27 heavy (non-hydrogen) atoms. The van der Waals surface area contributed by atoms with E-state index in [0.29, 0.717) is 15.8 Å². The van der Waals surface area contributed by atoms with Crippen LogP contribution in [0.5, 0.6) is 0 Å². The van der Waals surface area contributed by atoms with Crippen LogP contribution < -0.4 is 10.9 Å². The number of benzene rings is 1. The largest absolute Gasteiger partial charge is 0.319 e. The number of hydrogen-bond donors (Lipinski definition) is 2. The molecule has 3 aromatic heterocycles. The molecule has 1 atom stereocenters. The minimum atomic E-state index is -0.0816. The first-order chi connectivity index (χ1) is 13.0. The Morgan fingerprint density at radius 1 is 1.26 bits per heavy atom. The Morgan fingerprint density at radius 3 is 2.70 bits per heavy atom. The summed E-state index contributed by atoms with van der Waals surface area (Å²) in [5, 5.41) is 7.49. The third-order valence-electron chi connectivity index (χ3n) is 4.99. The maximum Gasteiger partial charge on any atom is 0.266 e. The monoisotopic (exact) mass is 397 g/mol. The maximum atomic E-state index is 12.4. The minimum Gasteiger partial charge on any atom is -0.319 e. The van der Waals surface area contributed by atoms with E-state index in [2.05, 4.69) is 46.5 Å². The van der Waals surface area contributed by atoms with E-state index >= 15 is 0 Å². The highest BCUT2D eigenvalue weighted by Crippen LogP contribution is 2.39. The van der Waals surface area contributed by atoms with Crippen LogP contribution in [-0.4, -0.2) is 23.6 Å². The van der Waals surface area contributed by atoms with Crippen LogP contribution in [-0.2, 0) is 0 Å². The van der Waals surface area contributed by atoms with Crippen LogP contribution in [0, 0.1) is 6.92 Å². The lowest BCUT2D eigenvalue weighted by molar-refractivity contribution is 0.678. The average Bonchev–Trinajstić information content (AvgIpc) is 3.14. The second kappa shape index (κ2) is 7.08. The molecule has 0 unspecified atom stereocenters. The number of rotatable bonds is 4. The Morgan fingerprint density at radius 2 is 2.00 bits per heavy atom. The molecule has 0 aliphatic carbocycles. The number of aromatic amines is 1. The van der Waals surface area contributed by atoms with Crippen molar-refractivity contribution in [2.24, 2.45) is 0 Å². The lowest BCUT2D eigenvalue weighted by Crippen LogP contribution is -2.14. The summed E-state index contributed by atoms with van der Waals surface area (Å²) in [5.74, 6) is 0.423. The fourth-order valence-corrected chi connectivity index (χ4v) is 4.73. The van der Waals surface area contributed by atoms with E-state index in [0.717, 1.165) is 39.7 Å². The molecule has 3 heterocycles. The van der Waals surface area contributed by atoms with Crippen molar-refractivity contribution in [2.45, 2.75) is 19.8 Å². The van der Waals surface area contributed by atoms with Crippen LogP contribution in [0.15, 0.2) is 40.5 Å².